The number of rotatable bonds is 7. The van der Waals surface area contributed by atoms with Crippen molar-refractivity contribution in [1.82, 2.24) is 0 Å². The Bertz CT molecular complexity index is 764. The average Bonchev–Trinajstić information content (AvgIpc) is 2.75. The van der Waals surface area contributed by atoms with Gasteiger partial charge in [0.15, 0.2) is 0 Å². The maximum atomic E-state index is 2.71. The van der Waals surface area contributed by atoms with Crippen LogP contribution in [0.4, 0.5) is 11.4 Å². The zero-order chi connectivity index (χ0) is 21.1. The molecular formula is C28H41N. The van der Waals surface area contributed by atoms with Crippen LogP contribution >= 0.6 is 0 Å². The minimum Gasteiger partial charge on any atom is -0.335 e. The van der Waals surface area contributed by atoms with Gasteiger partial charge in [-0.25, -0.2) is 0 Å². The Morgan fingerprint density at radius 3 is 1.79 bits per heavy atom. The van der Waals surface area contributed by atoms with Crippen LogP contribution in [0.1, 0.15) is 92.1 Å². The third-order valence-corrected chi connectivity index (χ3v) is 8.06. The lowest BCUT2D eigenvalue weighted by molar-refractivity contribution is 0.109. The largest absolute Gasteiger partial charge is 0.335 e. The molecule has 29 heavy (non-hydrogen) atoms. The monoisotopic (exact) mass is 391 g/mol. The summed E-state index contributed by atoms with van der Waals surface area (Å²) in [6.45, 7) is 14.3. The van der Waals surface area contributed by atoms with E-state index in [9.17, 15) is 0 Å². The molecule has 1 aliphatic rings. The van der Waals surface area contributed by atoms with Crippen LogP contribution in [-0.2, 0) is 5.41 Å². The fraction of sp³-hybridized carbons (Fsp3) is 0.571. The van der Waals surface area contributed by atoms with Gasteiger partial charge in [-0.05, 0) is 66.3 Å². The van der Waals surface area contributed by atoms with Crippen LogP contribution in [0.15, 0.2) is 54.6 Å². The molecule has 0 radical (unpaired) electrons. The van der Waals surface area contributed by atoms with Gasteiger partial charge in [0.2, 0.25) is 0 Å². The highest BCUT2D eigenvalue weighted by molar-refractivity contribution is 5.67. The number of benzene rings is 2. The van der Waals surface area contributed by atoms with Crippen LogP contribution in [0, 0.1) is 5.41 Å². The molecule has 0 atom stereocenters. The van der Waals surface area contributed by atoms with Crippen molar-refractivity contribution < 1.29 is 0 Å². The van der Waals surface area contributed by atoms with Crippen molar-refractivity contribution in [2.24, 2.45) is 5.41 Å². The van der Waals surface area contributed by atoms with Crippen molar-refractivity contribution in [1.29, 1.82) is 0 Å². The van der Waals surface area contributed by atoms with E-state index in [0.717, 1.165) is 6.42 Å². The van der Waals surface area contributed by atoms with Gasteiger partial charge in [0, 0.05) is 11.4 Å². The van der Waals surface area contributed by atoms with Gasteiger partial charge < -0.3 is 4.90 Å². The van der Waals surface area contributed by atoms with Gasteiger partial charge in [-0.3, -0.25) is 0 Å². The highest BCUT2D eigenvalue weighted by atomic mass is 15.2. The molecule has 2 aromatic rings. The predicted molar refractivity (Wildman–Crippen MR) is 128 cm³/mol. The van der Waals surface area contributed by atoms with Gasteiger partial charge >= 0.3 is 0 Å². The number of nitrogens with zero attached hydrogens (tertiary/aromatic N) is 1. The SMILES string of the molecule is CCC(C)(C)c1ccc(N(c2ccccc2)C2(C(C)(C)CC)CCCCC2)cc1. The zero-order valence-corrected chi connectivity index (χ0v) is 19.6. The predicted octanol–water partition coefficient (Wildman–Crippen LogP) is 8.65. The molecule has 0 unspecified atom stereocenters. The second-order valence-electron chi connectivity index (χ2n) is 10.3. The second kappa shape index (κ2) is 8.54. The molecular weight excluding hydrogens is 350 g/mol. The average molecular weight is 392 g/mol. The van der Waals surface area contributed by atoms with Crippen molar-refractivity contribution in [3.8, 4) is 0 Å². The van der Waals surface area contributed by atoms with Gasteiger partial charge in [-0.1, -0.05) is 91.1 Å². The van der Waals surface area contributed by atoms with Gasteiger partial charge in [-0.2, -0.15) is 0 Å². The summed E-state index contributed by atoms with van der Waals surface area (Å²) in [7, 11) is 0. The topological polar surface area (TPSA) is 3.24 Å². The molecule has 158 valence electrons. The molecule has 0 N–H and O–H groups in total. The Kier molecular flexibility index (Phi) is 6.46. The van der Waals surface area contributed by atoms with Gasteiger partial charge in [0.05, 0.1) is 5.54 Å². The summed E-state index contributed by atoms with van der Waals surface area (Å²) in [6, 6.07) is 20.6. The molecule has 0 aliphatic heterocycles. The summed E-state index contributed by atoms with van der Waals surface area (Å²) in [5.74, 6) is 0. The van der Waals surface area contributed by atoms with Gasteiger partial charge in [0.1, 0.15) is 0 Å². The van der Waals surface area contributed by atoms with Crippen LogP contribution < -0.4 is 4.90 Å². The first kappa shape index (κ1) is 21.9. The highest BCUT2D eigenvalue weighted by Crippen LogP contribution is 2.52. The minimum atomic E-state index is 0.156. The van der Waals surface area contributed by atoms with Crippen LogP contribution in [0.25, 0.3) is 0 Å². The molecule has 1 aliphatic carbocycles. The van der Waals surface area contributed by atoms with E-state index in [0.29, 0.717) is 0 Å². The Balaban J connectivity index is 2.15. The molecule has 0 heterocycles. The lowest BCUT2D eigenvalue weighted by atomic mass is 9.62. The fourth-order valence-corrected chi connectivity index (χ4v) is 5.15. The summed E-state index contributed by atoms with van der Waals surface area (Å²) in [5, 5.41) is 0. The van der Waals surface area contributed by atoms with E-state index in [4.69, 9.17) is 0 Å². The first-order valence-electron chi connectivity index (χ1n) is 11.7. The Labute approximate surface area is 179 Å². The quantitative estimate of drug-likeness (QED) is 0.456. The van der Waals surface area contributed by atoms with E-state index in [-0.39, 0.29) is 16.4 Å². The van der Waals surface area contributed by atoms with E-state index in [1.54, 1.807) is 0 Å². The molecule has 0 saturated heterocycles. The molecule has 0 aromatic heterocycles. The van der Waals surface area contributed by atoms with Crippen molar-refractivity contribution in [2.75, 3.05) is 4.90 Å². The summed E-state index contributed by atoms with van der Waals surface area (Å²) in [5.41, 5.74) is 4.73. The summed E-state index contributed by atoms with van der Waals surface area (Å²) < 4.78 is 0. The molecule has 0 bridgehead atoms. The smallest absolute Gasteiger partial charge is 0.0502 e. The molecule has 0 spiro atoms. The number of hydrogen-bond donors (Lipinski definition) is 0. The highest BCUT2D eigenvalue weighted by Gasteiger charge is 2.49. The molecule has 1 heteroatoms. The van der Waals surface area contributed by atoms with E-state index in [1.165, 1.54) is 55.5 Å². The van der Waals surface area contributed by atoms with E-state index >= 15 is 0 Å². The van der Waals surface area contributed by atoms with Crippen molar-refractivity contribution in [2.45, 2.75) is 97.4 Å². The Morgan fingerprint density at radius 1 is 0.724 bits per heavy atom. The molecule has 1 nitrogen and oxygen atoms in total. The van der Waals surface area contributed by atoms with Crippen LogP contribution in [0.2, 0.25) is 0 Å². The maximum absolute atomic E-state index is 2.71. The normalized spacial score (nSPS) is 17.2. The molecule has 0 amide bonds. The minimum absolute atomic E-state index is 0.156. The van der Waals surface area contributed by atoms with Crippen LogP contribution in [0.3, 0.4) is 0 Å². The maximum Gasteiger partial charge on any atom is 0.0502 e. The first-order chi connectivity index (χ1) is 13.8. The standard InChI is InChI=1S/C28H41N/c1-7-26(3,4)23-17-19-25(20-18-23)29(24-15-11-9-12-16-24)28(27(5,6)8-2)21-13-10-14-22-28/h9,11-12,15-20H,7-8,10,13-14,21-22H2,1-6H3. The van der Waals surface area contributed by atoms with E-state index < -0.39 is 0 Å². The third-order valence-electron chi connectivity index (χ3n) is 8.06. The summed E-state index contributed by atoms with van der Waals surface area (Å²) in [6.07, 6.45) is 8.91. The van der Waals surface area contributed by atoms with Crippen molar-refractivity contribution in [3.05, 3.63) is 60.2 Å². The Morgan fingerprint density at radius 2 is 1.28 bits per heavy atom. The first-order valence-corrected chi connectivity index (χ1v) is 11.7. The number of para-hydroxylation sites is 1. The van der Waals surface area contributed by atoms with E-state index in [1.807, 2.05) is 0 Å². The number of hydrogen-bond acceptors (Lipinski definition) is 1. The molecule has 1 saturated carbocycles. The second-order valence-corrected chi connectivity index (χ2v) is 10.3. The molecule has 2 aromatic carbocycles. The molecule has 1 fully saturated rings. The van der Waals surface area contributed by atoms with Crippen LogP contribution in [0.5, 0.6) is 0 Å². The van der Waals surface area contributed by atoms with Gasteiger partial charge in [0.25, 0.3) is 0 Å². The Hall–Kier alpha value is -1.76. The van der Waals surface area contributed by atoms with E-state index in [2.05, 4.69) is 101 Å². The van der Waals surface area contributed by atoms with Crippen LogP contribution in [-0.4, -0.2) is 5.54 Å². The van der Waals surface area contributed by atoms with Gasteiger partial charge in [-0.15, -0.1) is 0 Å². The lowest BCUT2D eigenvalue weighted by Crippen LogP contribution is -2.57. The summed E-state index contributed by atoms with van der Waals surface area (Å²) in [4.78, 5) is 2.71. The molecule has 3 rings (SSSR count). The fourth-order valence-electron chi connectivity index (χ4n) is 5.15. The third kappa shape index (κ3) is 4.11. The van der Waals surface area contributed by atoms with Crippen molar-refractivity contribution in [3.63, 3.8) is 0 Å². The lowest BCUT2D eigenvalue weighted by Gasteiger charge is -2.56. The summed E-state index contributed by atoms with van der Waals surface area (Å²) >= 11 is 0. The number of anilines is 2. The zero-order valence-electron chi connectivity index (χ0n) is 19.6. The van der Waals surface area contributed by atoms with Crippen molar-refractivity contribution >= 4 is 11.4 Å².